The third kappa shape index (κ3) is 4.06. The van der Waals surface area contributed by atoms with Gasteiger partial charge in [-0.3, -0.25) is 14.9 Å². The first-order chi connectivity index (χ1) is 15.0. The molecule has 0 aliphatic rings. The molecule has 0 fully saturated rings. The molecule has 9 heteroatoms. The summed E-state index contributed by atoms with van der Waals surface area (Å²) in [5.41, 5.74) is 3.02. The number of benzene rings is 3. The number of amides is 1. The summed E-state index contributed by atoms with van der Waals surface area (Å²) < 4.78 is 5.45. The van der Waals surface area contributed by atoms with E-state index in [0.29, 0.717) is 23.3 Å². The summed E-state index contributed by atoms with van der Waals surface area (Å²) in [5.74, 6) is 0.201. The Labute approximate surface area is 177 Å². The lowest BCUT2D eigenvalue weighted by molar-refractivity contribution is -0.385. The number of aromatic nitrogens is 3. The molecule has 1 aromatic heterocycles. The number of nitro benzene ring substituents is 1. The Morgan fingerprint density at radius 3 is 2.45 bits per heavy atom. The molecule has 156 valence electrons. The molecule has 1 amide bonds. The van der Waals surface area contributed by atoms with Crippen LogP contribution in [0.2, 0.25) is 0 Å². The smallest absolute Gasteiger partial charge is 0.282 e. The number of fused-ring (bicyclic) bond motifs is 1. The first-order valence-electron chi connectivity index (χ1n) is 9.62. The number of carbonyl (C=O) groups is 1. The molecule has 0 unspecified atom stereocenters. The second-order valence-electron chi connectivity index (χ2n) is 6.80. The summed E-state index contributed by atoms with van der Waals surface area (Å²) in [7, 11) is 0. The zero-order valence-corrected chi connectivity index (χ0v) is 16.9. The Kier molecular flexibility index (Phi) is 5.31. The first-order valence-corrected chi connectivity index (χ1v) is 9.62. The van der Waals surface area contributed by atoms with Crippen LogP contribution in [-0.4, -0.2) is 32.4 Å². The Balaban J connectivity index is 1.63. The molecule has 4 rings (SSSR count). The second-order valence-corrected chi connectivity index (χ2v) is 6.80. The largest absolute Gasteiger partial charge is 0.494 e. The van der Waals surface area contributed by atoms with Crippen molar-refractivity contribution in [3.05, 3.63) is 81.9 Å². The van der Waals surface area contributed by atoms with Crippen LogP contribution in [-0.2, 0) is 0 Å². The number of hydrogen-bond acceptors (Lipinski definition) is 6. The molecule has 4 aromatic rings. The molecule has 0 saturated heterocycles. The number of aryl methyl sites for hydroxylation is 1. The van der Waals surface area contributed by atoms with Crippen molar-refractivity contribution in [2.75, 3.05) is 11.9 Å². The van der Waals surface area contributed by atoms with Gasteiger partial charge in [-0.05, 0) is 61.9 Å². The van der Waals surface area contributed by atoms with E-state index in [9.17, 15) is 14.9 Å². The van der Waals surface area contributed by atoms with Crippen molar-refractivity contribution in [3.8, 4) is 11.4 Å². The predicted molar refractivity (Wildman–Crippen MR) is 116 cm³/mol. The Morgan fingerprint density at radius 1 is 1.10 bits per heavy atom. The van der Waals surface area contributed by atoms with E-state index in [1.54, 1.807) is 12.1 Å². The van der Waals surface area contributed by atoms with Crippen LogP contribution in [0.25, 0.3) is 16.7 Å². The third-order valence-corrected chi connectivity index (χ3v) is 4.70. The fraction of sp³-hybridized carbons (Fsp3) is 0.136. The summed E-state index contributed by atoms with van der Waals surface area (Å²) in [6, 6.07) is 16.7. The molecule has 0 atom stereocenters. The minimum Gasteiger partial charge on any atom is -0.494 e. The minimum atomic E-state index is -0.576. The SMILES string of the molecule is CCOc1ccc(-n2nc3cc(C)c(NC(=O)c4ccccc4[N+](=O)[O-])cc3n2)cc1. The number of anilines is 1. The van der Waals surface area contributed by atoms with Gasteiger partial charge in [-0.15, -0.1) is 10.2 Å². The van der Waals surface area contributed by atoms with Gasteiger partial charge in [0.05, 0.1) is 17.2 Å². The maximum absolute atomic E-state index is 12.7. The van der Waals surface area contributed by atoms with Crippen molar-refractivity contribution in [1.82, 2.24) is 15.0 Å². The summed E-state index contributed by atoms with van der Waals surface area (Å²) in [4.78, 5) is 24.8. The number of nitrogens with one attached hydrogen (secondary N) is 1. The number of ether oxygens (including phenoxy) is 1. The number of carbonyl (C=O) groups excluding carboxylic acids is 1. The molecule has 9 nitrogen and oxygen atoms in total. The van der Waals surface area contributed by atoms with E-state index < -0.39 is 10.8 Å². The molecule has 3 aromatic carbocycles. The van der Waals surface area contributed by atoms with Crippen LogP contribution in [0, 0.1) is 17.0 Å². The van der Waals surface area contributed by atoms with Gasteiger partial charge < -0.3 is 10.1 Å². The van der Waals surface area contributed by atoms with Gasteiger partial charge in [0.2, 0.25) is 0 Å². The standard InChI is InChI=1S/C22H19N5O4/c1-3-31-16-10-8-15(9-11-16)26-24-19-12-14(2)18(13-20(19)25-26)23-22(28)17-6-4-5-7-21(17)27(29)30/h4-13H,3H2,1-2H3,(H,23,28). The van der Waals surface area contributed by atoms with Crippen LogP contribution in [0.1, 0.15) is 22.8 Å². The number of nitrogens with zero attached hydrogens (tertiary/aromatic N) is 4. The highest BCUT2D eigenvalue weighted by Gasteiger charge is 2.20. The number of hydrogen-bond donors (Lipinski definition) is 1. The summed E-state index contributed by atoms with van der Waals surface area (Å²) in [5, 5.41) is 22.9. The maximum Gasteiger partial charge on any atom is 0.282 e. The molecule has 1 N–H and O–H groups in total. The summed E-state index contributed by atoms with van der Waals surface area (Å²) in [6.07, 6.45) is 0. The zero-order chi connectivity index (χ0) is 22.0. The van der Waals surface area contributed by atoms with Gasteiger partial charge in [-0.25, -0.2) is 0 Å². The van der Waals surface area contributed by atoms with Gasteiger partial charge in [-0.1, -0.05) is 12.1 Å². The summed E-state index contributed by atoms with van der Waals surface area (Å²) >= 11 is 0. The molecule has 0 aliphatic heterocycles. The first kappa shape index (κ1) is 20.0. The third-order valence-electron chi connectivity index (χ3n) is 4.70. The minimum absolute atomic E-state index is 0.00922. The van der Waals surface area contributed by atoms with Crippen molar-refractivity contribution in [3.63, 3.8) is 0 Å². The molecular formula is C22H19N5O4. The van der Waals surface area contributed by atoms with E-state index in [0.717, 1.165) is 17.0 Å². The Morgan fingerprint density at radius 2 is 1.77 bits per heavy atom. The molecule has 31 heavy (non-hydrogen) atoms. The lowest BCUT2D eigenvalue weighted by atomic mass is 10.1. The quantitative estimate of drug-likeness (QED) is 0.370. The molecule has 0 spiro atoms. The zero-order valence-electron chi connectivity index (χ0n) is 16.9. The molecule has 0 radical (unpaired) electrons. The van der Waals surface area contributed by atoms with Crippen LogP contribution < -0.4 is 10.1 Å². The van der Waals surface area contributed by atoms with Crippen LogP contribution in [0.3, 0.4) is 0 Å². The van der Waals surface area contributed by atoms with Crippen LogP contribution >= 0.6 is 0 Å². The molecular weight excluding hydrogens is 398 g/mol. The monoisotopic (exact) mass is 417 g/mol. The second kappa shape index (κ2) is 8.23. The number of para-hydroxylation sites is 1. The highest BCUT2D eigenvalue weighted by molar-refractivity contribution is 6.08. The molecule has 1 heterocycles. The average Bonchev–Trinajstić information content (AvgIpc) is 3.17. The fourth-order valence-electron chi connectivity index (χ4n) is 3.17. The van der Waals surface area contributed by atoms with Crippen molar-refractivity contribution in [2.45, 2.75) is 13.8 Å². The van der Waals surface area contributed by atoms with E-state index in [1.165, 1.54) is 23.0 Å². The van der Waals surface area contributed by atoms with Gasteiger partial charge in [-0.2, -0.15) is 4.80 Å². The maximum atomic E-state index is 12.7. The van der Waals surface area contributed by atoms with Gasteiger partial charge in [0.1, 0.15) is 22.3 Å². The van der Waals surface area contributed by atoms with Crippen LogP contribution in [0.5, 0.6) is 5.75 Å². The van der Waals surface area contributed by atoms with Gasteiger partial charge in [0.15, 0.2) is 0 Å². The van der Waals surface area contributed by atoms with E-state index in [4.69, 9.17) is 4.74 Å². The van der Waals surface area contributed by atoms with Crippen LogP contribution in [0.4, 0.5) is 11.4 Å². The highest BCUT2D eigenvalue weighted by atomic mass is 16.6. The van der Waals surface area contributed by atoms with E-state index in [-0.39, 0.29) is 11.3 Å². The van der Waals surface area contributed by atoms with E-state index in [2.05, 4.69) is 15.5 Å². The number of nitro groups is 1. The van der Waals surface area contributed by atoms with Crippen molar-refractivity contribution in [2.24, 2.45) is 0 Å². The number of rotatable bonds is 6. The van der Waals surface area contributed by atoms with Gasteiger partial charge in [0, 0.05) is 11.8 Å². The van der Waals surface area contributed by atoms with Crippen molar-refractivity contribution < 1.29 is 14.5 Å². The lowest BCUT2D eigenvalue weighted by Gasteiger charge is -2.08. The highest BCUT2D eigenvalue weighted by Crippen LogP contribution is 2.25. The average molecular weight is 417 g/mol. The van der Waals surface area contributed by atoms with E-state index >= 15 is 0 Å². The fourth-order valence-corrected chi connectivity index (χ4v) is 3.17. The van der Waals surface area contributed by atoms with Crippen molar-refractivity contribution in [1.29, 1.82) is 0 Å². The van der Waals surface area contributed by atoms with Crippen molar-refractivity contribution >= 4 is 28.3 Å². The Hall–Kier alpha value is -4.27. The predicted octanol–water partition coefficient (Wildman–Crippen LogP) is 4.29. The topological polar surface area (TPSA) is 112 Å². The normalized spacial score (nSPS) is 10.8. The van der Waals surface area contributed by atoms with Gasteiger partial charge in [0.25, 0.3) is 11.6 Å². The molecule has 0 aliphatic carbocycles. The molecule has 0 bridgehead atoms. The van der Waals surface area contributed by atoms with E-state index in [1.807, 2.05) is 44.2 Å². The Bertz CT molecular complexity index is 1280. The van der Waals surface area contributed by atoms with Crippen LogP contribution in [0.15, 0.2) is 60.7 Å². The lowest BCUT2D eigenvalue weighted by Crippen LogP contribution is -2.14. The van der Waals surface area contributed by atoms with Gasteiger partial charge >= 0.3 is 0 Å². The molecule has 0 saturated carbocycles. The summed E-state index contributed by atoms with van der Waals surface area (Å²) in [6.45, 7) is 4.33.